The van der Waals surface area contributed by atoms with Crippen LogP contribution in [0.1, 0.15) is 31.9 Å². The van der Waals surface area contributed by atoms with Gasteiger partial charge in [0.05, 0.1) is 11.4 Å². The molecule has 0 saturated heterocycles. The van der Waals surface area contributed by atoms with Crippen LogP contribution in [0.2, 0.25) is 0 Å². The highest BCUT2D eigenvalue weighted by Crippen LogP contribution is 2.20. The summed E-state index contributed by atoms with van der Waals surface area (Å²) < 4.78 is 0. The van der Waals surface area contributed by atoms with Gasteiger partial charge in [-0.3, -0.25) is 4.79 Å². The molecule has 1 aromatic rings. The minimum atomic E-state index is 0.145. The fourth-order valence-electron chi connectivity index (χ4n) is 1.76. The summed E-state index contributed by atoms with van der Waals surface area (Å²) in [5, 5.41) is 0.393. The molecule has 0 fully saturated rings. The van der Waals surface area contributed by atoms with Crippen LogP contribution in [0.4, 0.5) is 0 Å². The Bertz CT molecular complexity index is 326. The molecule has 0 N–H and O–H groups in total. The van der Waals surface area contributed by atoms with Gasteiger partial charge in [0.15, 0.2) is 0 Å². The van der Waals surface area contributed by atoms with Crippen molar-refractivity contribution in [3.05, 3.63) is 35.9 Å². The molecule has 3 heteroatoms. The zero-order chi connectivity index (χ0) is 12.0. The predicted molar refractivity (Wildman–Crippen MR) is 70.7 cm³/mol. The number of halogens is 1. The topological polar surface area (TPSA) is 20.3 Å². The van der Waals surface area contributed by atoms with Gasteiger partial charge in [-0.05, 0) is 18.9 Å². The third kappa shape index (κ3) is 3.34. The summed E-state index contributed by atoms with van der Waals surface area (Å²) in [7, 11) is 0. The molecule has 0 radical (unpaired) electrons. The second-order valence-electron chi connectivity index (χ2n) is 3.81. The normalized spacial score (nSPS) is 12.2. The van der Waals surface area contributed by atoms with Gasteiger partial charge in [-0.1, -0.05) is 53.2 Å². The van der Waals surface area contributed by atoms with Gasteiger partial charge in [0, 0.05) is 6.54 Å². The van der Waals surface area contributed by atoms with E-state index in [1.54, 1.807) is 0 Å². The minimum Gasteiger partial charge on any atom is -0.335 e. The molecule has 1 amide bonds. The van der Waals surface area contributed by atoms with Gasteiger partial charge in [-0.15, -0.1) is 0 Å². The van der Waals surface area contributed by atoms with Crippen molar-refractivity contribution in [2.24, 2.45) is 0 Å². The van der Waals surface area contributed by atoms with Crippen LogP contribution in [0.25, 0.3) is 0 Å². The number of nitrogens with zero attached hydrogens (tertiary/aromatic N) is 1. The monoisotopic (exact) mass is 283 g/mol. The molecule has 0 aromatic heterocycles. The van der Waals surface area contributed by atoms with Gasteiger partial charge in [-0.25, -0.2) is 0 Å². The third-order valence-corrected chi connectivity index (χ3v) is 3.13. The number of hydrogen-bond donors (Lipinski definition) is 0. The van der Waals surface area contributed by atoms with E-state index in [-0.39, 0.29) is 11.9 Å². The Balaban J connectivity index is 2.82. The Hall–Kier alpha value is -0.830. The van der Waals surface area contributed by atoms with Gasteiger partial charge in [0.1, 0.15) is 0 Å². The van der Waals surface area contributed by atoms with Crippen molar-refractivity contribution < 1.29 is 4.79 Å². The first kappa shape index (κ1) is 13.2. The van der Waals surface area contributed by atoms with Gasteiger partial charge in [-0.2, -0.15) is 0 Å². The standard InChI is InChI=1S/C13H18BrNO/c1-3-9-15(13(16)10-14)11(2)12-7-5-4-6-8-12/h4-8,11H,3,9-10H2,1-2H3/t11-/m0/s1. The van der Waals surface area contributed by atoms with Gasteiger partial charge >= 0.3 is 0 Å². The van der Waals surface area contributed by atoms with E-state index in [4.69, 9.17) is 0 Å². The van der Waals surface area contributed by atoms with Crippen LogP contribution in [0.3, 0.4) is 0 Å². The van der Waals surface area contributed by atoms with Crippen LogP contribution in [0.5, 0.6) is 0 Å². The maximum atomic E-state index is 11.8. The number of benzene rings is 1. The second-order valence-corrected chi connectivity index (χ2v) is 4.37. The molecule has 0 bridgehead atoms. The molecule has 0 aliphatic rings. The van der Waals surface area contributed by atoms with E-state index in [1.807, 2.05) is 23.1 Å². The molecule has 0 heterocycles. The first-order valence-corrected chi connectivity index (χ1v) is 6.73. The molecule has 1 aromatic carbocycles. The molecule has 2 nitrogen and oxygen atoms in total. The highest BCUT2D eigenvalue weighted by molar-refractivity contribution is 9.09. The lowest BCUT2D eigenvalue weighted by molar-refractivity contribution is -0.130. The highest BCUT2D eigenvalue weighted by Gasteiger charge is 2.19. The first-order chi connectivity index (χ1) is 7.70. The van der Waals surface area contributed by atoms with E-state index in [0.717, 1.165) is 13.0 Å². The smallest absolute Gasteiger partial charge is 0.233 e. The van der Waals surface area contributed by atoms with Crippen molar-refractivity contribution in [3.63, 3.8) is 0 Å². The summed E-state index contributed by atoms with van der Waals surface area (Å²) in [4.78, 5) is 13.7. The number of rotatable bonds is 5. The summed E-state index contributed by atoms with van der Waals surface area (Å²) in [6, 6.07) is 10.3. The van der Waals surface area contributed by atoms with E-state index in [9.17, 15) is 4.79 Å². The Morgan fingerprint density at radius 1 is 1.38 bits per heavy atom. The molecule has 0 aliphatic heterocycles. The van der Waals surface area contributed by atoms with Gasteiger partial charge < -0.3 is 4.90 Å². The number of hydrogen-bond acceptors (Lipinski definition) is 1. The van der Waals surface area contributed by atoms with Crippen LogP contribution in [0.15, 0.2) is 30.3 Å². The zero-order valence-corrected chi connectivity index (χ0v) is 11.4. The van der Waals surface area contributed by atoms with Crippen molar-refractivity contribution in [2.75, 3.05) is 11.9 Å². The molecule has 0 aliphatic carbocycles. The Morgan fingerprint density at radius 3 is 2.50 bits per heavy atom. The summed E-state index contributed by atoms with van der Waals surface area (Å²) >= 11 is 3.24. The highest BCUT2D eigenvalue weighted by atomic mass is 79.9. The molecule has 1 atom stereocenters. The van der Waals surface area contributed by atoms with Crippen molar-refractivity contribution in [3.8, 4) is 0 Å². The lowest BCUT2D eigenvalue weighted by atomic mass is 10.1. The molecule has 1 rings (SSSR count). The maximum absolute atomic E-state index is 11.8. The van der Waals surface area contributed by atoms with Crippen LogP contribution in [-0.2, 0) is 4.79 Å². The molecule has 0 saturated carbocycles. The largest absolute Gasteiger partial charge is 0.335 e. The second kappa shape index (κ2) is 6.69. The lowest BCUT2D eigenvalue weighted by Crippen LogP contribution is -2.35. The summed E-state index contributed by atoms with van der Waals surface area (Å²) in [5.41, 5.74) is 1.19. The number of carbonyl (C=O) groups is 1. The predicted octanol–water partition coefficient (Wildman–Crippen LogP) is 3.38. The average Bonchev–Trinajstić information content (AvgIpc) is 2.35. The number of alkyl halides is 1. The average molecular weight is 284 g/mol. The fourth-order valence-corrected chi connectivity index (χ4v) is 2.09. The quantitative estimate of drug-likeness (QED) is 0.759. The van der Waals surface area contributed by atoms with E-state index in [2.05, 4.69) is 41.9 Å². The Morgan fingerprint density at radius 2 is 2.00 bits per heavy atom. The Labute approximate surface area is 106 Å². The molecular weight excluding hydrogens is 266 g/mol. The maximum Gasteiger partial charge on any atom is 0.233 e. The minimum absolute atomic E-state index is 0.145. The van der Waals surface area contributed by atoms with Crippen LogP contribution in [-0.4, -0.2) is 22.7 Å². The van der Waals surface area contributed by atoms with E-state index in [1.165, 1.54) is 5.56 Å². The summed E-state index contributed by atoms with van der Waals surface area (Å²) in [6.45, 7) is 4.97. The SMILES string of the molecule is CCCN(C(=O)CBr)[C@@H](C)c1ccccc1. The van der Waals surface area contributed by atoms with Crippen LogP contribution in [0, 0.1) is 0 Å². The molecule has 88 valence electrons. The van der Waals surface area contributed by atoms with Gasteiger partial charge in [0.25, 0.3) is 0 Å². The molecule has 16 heavy (non-hydrogen) atoms. The van der Waals surface area contributed by atoms with E-state index < -0.39 is 0 Å². The van der Waals surface area contributed by atoms with Crippen molar-refractivity contribution in [1.29, 1.82) is 0 Å². The fraction of sp³-hybridized carbons (Fsp3) is 0.462. The number of carbonyl (C=O) groups excluding carboxylic acids is 1. The summed E-state index contributed by atoms with van der Waals surface area (Å²) in [6.07, 6.45) is 0.982. The van der Waals surface area contributed by atoms with Crippen LogP contribution >= 0.6 is 15.9 Å². The lowest BCUT2D eigenvalue weighted by Gasteiger charge is -2.28. The summed E-state index contributed by atoms with van der Waals surface area (Å²) in [5.74, 6) is 0.151. The Kier molecular flexibility index (Phi) is 5.53. The van der Waals surface area contributed by atoms with E-state index >= 15 is 0 Å². The molecule has 0 spiro atoms. The zero-order valence-electron chi connectivity index (χ0n) is 9.82. The van der Waals surface area contributed by atoms with E-state index in [0.29, 0.717) is 5.33 Å². The first-order valence-electron chi connectivity index (χ1n) is 5.61. The third-order valence-electron chi connectivity index (χ3n) is 2.65. The van der Waals surface area contributed by atoms with Gasteiger partial charge in [0.2, 0.25) is 5.91 Å². The van der Waals surface area contributed by atoms with Crippen LogP contribution < -0.4 is 0 Å². The molecular formula is C13H18BrNO. The van der Waals surface area contributed by atoms with Crippen molar-refractivity contribution in [2.45, 2.75) is 26.3 Å². The van der Waals surface area contributed by atoms with Crippen molar-refractivity contribution in [1.82, 2.24) is 4.90 Å². The molecule has 0 unspecified atom stereocenters. The number of amides is 1. The van der Waals surface area contributed by atoms with Crippen molar-refractivity contribution >= 4 is 21.8 Å².